The van der Waals surface area contributed by atoms with E-state index < -0.39 is 5.54 Å². The monoisotopic (exact) mass is 209 g/mol. The molecule has 1 aromatic carbocycles. The van der Waals surface area contributed by atoms with E-state index in [4.69, 9.17) is 10.5 Å². The van der Waals surface area contributed by atoms with Crippen molar-refractivity contribution in [1.82, 2.24) is 5.06 Å². The van der Waals surface area contributed by atoms with Gasteiger partial charge in [0.25, 0.3) is 0 Å². The number of rotatable bonds is 3. The minimum Gasteiger partial charge on any atom is -0.782 e. The first-order valence-corrected chi connectivity index (χ1v) is 4.83. The lowest BCUT2D eigenvalue weighted by Gasteiger charge is -2.40. The molecule has 0 aromatic heterocycles. The van der Waals surface area contributed by atoms with Gasteiger partial charge < -0.3 is 20.7 Å². The molecule has 1 aromatic rings. The Kier molecular flexibility index (Phi) is 3.55. The van der Waals surface area contributed by atoms with E-state index in [1.54, 1.807) is 24.3 Å². The van der Waals surface area contributed by atoms with Gasteiger partial charge in [0.1, 0.15) is 12.5 Å². The first-order chi connectivity index (χ1) is 6.89. The van der Waals surface area contributed by atoms with Crippen molar-refractivity contribution < 1.29 is 4.74 Å². The Bertz CT molecular complexity index is 303. The molecule has 0 fully saturated rings. The zero-order chi connectivity index (χ0) is 11.5. The SMILES string of the molecule is CC(C)(C)N([O-])COc1ccc(N)cc1. The van der Waals surface area contributed by atoms with E-state index in [1.807, 2.05) is 20.8 Å². The molecule has 0 saturated heterocycles. The van der Waals surface area contributed by atoms with Crippen molar-refractivity contribution in [3.63, 3.8) is 0 Å². The number of nitrogen functional groups attached to an aromatic ring is 1. The topological polar surface area (TPSA) is 61.5 Å². The molecule has 0 aliphatic heterocycles. The highest BCUT2D eigenvalue weighted by Crippen LogP contribution is 2.16. The lowest BCUT2D eigenvalue weighted by molar-refractivity contribution is 0.0954. The molecule has 2 N–H and O–H groups in total. The minimum atomic E-state index is -0.437. The standard InChI is InChI=1S/C11H17N2O2/c1-11(2,3)13(14)8-15-10-6-4-9(12)5-7-10/h4-7H,8,12H2,1-3H3/q-1. The van der Waals surface area contributed by atoms with Crippen LogP contribution in [0.2, 0.25) is 0 Å². The molecule has 0 unspecified atom stereocenters. The summed E-state index contributed by atoms with van der Waals surface area (Å²) < 4.78 is 5.31. The van der Waals surface area contributed by atoms with Gasteiger partial charge >= 0.3 is 0 Å². The van der Waals surface area contributed by atoms with Crippen molar-refractivity contribution >= 4 is 5.69 Å². The highest BCUT2D eigenvalue weighted by Gasteiger charge is 2.11. The average molecular weight is 209 g/mol. The van der Waals surface area contributed by atoms with E-state index in [2.05, 4.69) is 0 Å². The van der Waals surface area contributed by atoms with Crippen LogP contribution in [0, 0.1) is 5.21 Å². The molecule has 0 heterocycles. The third-order valence-corrected chi connectivity index (χ3v) is 1.98. The Balaban J connectivity index is 2.47. The second-order valence-electron chi connectivity index (χ2n) is 4.39. The minimum absolute atomic E-state index is 0.0212. The molecule has 4 heteroatoms. The normalized spacial score (nSPS) is 11.8. The Labute approximate surface area is 90.2 Å². The van der Waals surface area contributed by atoms with Crippen LogP contribution in [0.3, 0.4) is 0 Å². The number of nitrogens with two attached hydrogens (primary N) is 1. The smallest absolute Gasteiger partial charge is 0.131 e. The van der Waals surface area contributed by atoms with Crippen molar-refractivity contribution in [3.05, 3.63) is 29.5 Å². The maximum atomic E-state index is 11.5. The van der Waals surface area contributed by atoms with Crippen LogP contribution in [-0.4, -0.2) is 17.3 Å². The molecule has 0 aliphatic rings. The fraction of sp³-hybridized carbons (Fsp3) is 0.455. The van der Waals surface area contributed by atoms with Crippen LogP contribution >= 0.6 is 0 Å². The van der Waals surface area contributed by atoms with Crippen molar-refractivity contribution in [2.45, 2.75) is 26.3 Å². The van der Waals surface area contributed by atoms with Crippen LogP contribution in [-0.2, 0) is 0 Å². The third-order valence-electron chi connectivity index (χ3n) is 1.98. The number of anilines is 1. The number of hydrogen-bond acceptors (Lipinski definition) is 4. The van der Waals surface area contributed by atoms with Crippen molar-refractivity contribution in [2.24, 2.45) is 0 Å². The maximum absolute atomic E-state index is 11.5. The predicted octanol–water partition coefficient (Wildman–Crippen LogP) is 2.20. The molecule has 0 aliphatic carbocycles. The molecule has 0 bridgehead atoms. The van der Waals surface area contributed by atoms with Gasteiger partial charge in [-0.15, -0.1) is 0 Å². The Morgan fingerprint density at radius 1 is 1.27 bits per heavy atom. The molecule has 0 amide bonds. The molecule has 4 nitrogen and oxygen atoms in total. The molecule has 0 radical (unpaired) electrons. The summed E-state index contributed by atoms with van der Waals surface area (Å²) in [4.78, 5) is 0. The highest BCUT2D eigenvalue weighted by atomic mass is 16.6. The molecule has 0 atom stereocenters. The summed E-state index contributed by atoms with van der Waals surface area (Å²) in [6.45, 7) is 5.54. The van der Waals surface area contributed by atoms with Crippen molar-refractivity contribution in [3.8, 4) is 5.75 Å². The van der Waals surface area contributed by atoms with Gasteiger partial charge in [0.2, 0.25) is 0 Å². The van der Waals surface area contributed by atoms with E-state index in [9.17, 15) is 5.21 Å². The quantitative estimate of drug-likeness (QED) is 0.471. The van der Waals surface area contributed by atoms with Gasteiger partial charge in [-0.05, 0) is 45.0 Å². The Hall–Kier alpha value is -1.26. The van der Waals surface area contributed by atoms with Gasteiger partial charge in [0, 0.05) is 11.2 Å². The lowest BCUT2D eigenvalue weighted by atomic mass is 10.1. The van der Waals surface area contributed by atoms with Crippen LogP contribution in [0.4, 0.5) is 5.69 Å². The zero-order valence-electron chi connectivity index (χ0n) is 9.36. The van der Waals surface area contributed by atoms with E-state index >= 15 is 0 Å². The highest BCUT2D eigenvalue weighted by molar-refractivity contribution is 5.41. The summed E-state index contributed by atoms with van der Waals surface area (Å²) >= 11 is 0. The van der Waals surface area contributed by atoms with Gasteiger partial charge in [-0.25, -0.2) is 0 Å². The molecule has 0 saturated carbocycles. The summed E-state index contributed by atoms with van der Waals surface area (Å²) in [5.74, 6) is 0.648. The number of benzene rings is 1. The lowest BCUT2D eigenvalue weighted by Crippen LogP contribution is -2.39. The zero-order valence-corrected chi connectivity index (χ0v) is 9.36. The van der Waals surface area contributed by atoms with Gasteiger partial charge in [0.05, 0.1) is 0 Å². The number of ether oxygens (including phenoxy) is 1. The molecular weight excluding hydrogens is 192 g/mol. The van der Waals surface area contributed by atoms with Crippen LogP contribution in [0.15, 0.2) is 24.3 Å². The average Bonchev–Trinajstić information content (AvgIpc) is 2.15. The second kappa shape index (κ2) is 4.51. The van der Waals surface area contributed by atoms with E-state index in [-0.39, 0.29) is 6.73 Å². The largest absolute Gasteiger partial charge is 0.782 e. The van der Waals surface area contributed by atoms with Crippen LogP contribution in [0.25, 0.3) is 0 Å². The van der Waals surface area contributed by atoms with Crippen LogP contribution in [0.1, 0.15) is 20.8 Å². The molecule has 84 valence electrons. The van der Waals surface area contributed by atoms with Gasteiger partial charge in [0.15, 0.2) is 0 Å². The van der Waals surface area contributed by atoms with E-state index in [0.29, 0.717) is 11.4 Å². The molecule has 15 heavy (non-hydrogen) atoms. The first kappa shape index (κ1) is 11.8. The summed E-state index contributed by atoms with van der Waals surface area (Å²) in [6, 6.07) is 6.96. The van der Waals surface area contributed by atoms with Crippen LogP contribution < -0.4 is 10.5 Å². The van der Waals surface area contributed by atoms with Crippen LogP contribution in [0.5, 0.6) is 5.75 Å². The first-order valence-electron chi connectivity index (χ1n) is 4.83. The maximum Gasteiger partial charge on any atom is 0.131 e. The fourth-order valence-corrected chi connectivity index (χ4v) is 0.891. The Morgan fingerprint density at radius 2 is 1.80 bits per heavy atom. The Morgan fingerprint density at radius 3 is 2.27 bits per heavy atom. The summed E-state index contributed by atoms with van der Waals surface area (Å²) in [7, 11) is 0. The number of hydroxylamine groups is 2. The van der Waals surface area contributed by atoms with Crippen molar-refractivity contribution in [2.75, 3.05) is 12.5 Å². The predicted molar refractivity (Wildman–Crippen MR) is 61.3 cm³/mol. The van der Waals surface area contributed by atoms with Gasteiger partial charge in [-0.3, -0.25) is 0 Å². The van der Waals surface area contributed by atoms with E-state index in [1.165, 1.54) is 0 Å². The number of hydrogen-bond donors (Lipinski definition) is 1. The second-order valence-corrected chi connectivity index (χ2v) is 4.39. The summed E-state index contributed by atoms with van der Waals surface area (Å²) in [6.07, 6.45) is 0. The summed E-state index contributed by atoms with van der Waals surface area (Å²) in [5, 5.41) is 12.4. The van der Waals surface area contributed by atoms with E-state index in [0.717, 1.165) is 5.06 Å². The van der Waals surface area contributed by atoms with Gasteiger partial charge in [-0.1, -0.05) is 0 Å². The molecule has 1 rings (SSSR count). The fourth-order valence-electron chi connectivity index (χ4n) is 0.891. The molecular formula is C11H17N2O2-. The third kappa shape index (κ3) is 3.77. The number of nitrogens with zero attached hydrogens (tertiary/aromatic N) is 1. The van der Waals surface area contributed by atoms with Crippen molar-refractivity contribution in [1.29, 1.82) is 0 Å². The van der Waals surface area contributed by atoms with Gasteiger partial charge in [-0.2, -0.15) is 0 Å². The molecule has 0 spiro atoms. The summed E-state index contributed by atoms with van der Waals surface area (Å²) in [5.41, 5.74) is 5.77.